The maximum absolute atomic E-state index is 4.29. The van der Waals surface area contributed by atoms with E-state index in [0.29, 0.717) is 6.04 Å². The summed E-state index contributed by atoms with van der Waals surface area (Å²) in [7, 11) is 1.79. The molecule has 2 rings (SSSR count). The number of amidine groups is 1. The largest absolute Gasteiger partial charge is 0.324 e. The van der Waals surface area contributed by atoms with E-state index in [1.165, 1.54) is 0 Å². The molecule has 0 aromatic carbocycles. The van der Waals surface area contributed by atoms with Gasteiger partial charge in [0.15, 0.2) is 0 Å². The van der Waals surface area contributed by atoms with Crippen LogP contribution in [0.3, 0.4) is 0 Å². The summed E-state index contributed by atoms with van der Waals surface area (Å²) in [5.41, 5.74) is 0. The minimum absolute atomic E-state index is 0.328. The Hall–Kier alpha value is -1.62. The summed E-state index contributed by atoms with van der Waals surface area (Å²) in [6, 6.07) is 6.36. The lowest BCUT2D eigenvalue weighted by Gasteiger charge is -2.13. The van der Waals surface area contributed by atoms with Crippen molar-refractivity contribution >= 4 is 23.0 Å². The highest BCUT2D eigenvalue weighted by Gasteiger charge is 2.09. The van der Waals surface area contributed by atoms with Crippen LogP contribution < -0.4 is 5.32 Å². The highest BCUT2D eigenvalue weighted by Crippen LogP contribution is 2.16. The SMILES string of the molecule is CN=C(Nc1ccnn1C(C)C)c1cccs1. The quantitative estimate of drug-likeness (QED) is 0.670. The number of nitrogens with zero attached hydrogens (tertiary/aromatic N) is 3. The lowest BCUT2D eigenvalue weighted by atomic mass is 10.4. The third kappa shape index (κ3) is 2.55. The molecule has 2 aromatic rings. The van der Waals surface area contributed by atoms with Gasteiger partial charge in [-0.2, -0.15) is 5.10 Å². The fourth-order valence-corrected chi connectivity index (χ4v) is 2.30. The standard InChI is InChI=1S/C12H16N4S/c1-9(2)16-11(6-7-14-16)15-12(13-3)10-5-4-8-17-10/h4-9H,1-3H3,(H,13,15). The van der Waals surface area contributed by atoms with E-state index in [0.717, 1.165) is 16.5 Å². The Balaban J connectivity index is 2.23. The lowest BCUT2D eigenvalue weighted by Crippen LogP contribution is -2.16. The van der Waals surface area contributed by atoms with Gasteiger partial charge in [-0.1, -0.05) is 6.07 Å². The van der Waals surface area contributed by atoms with Crippen molar-refractivity contribution in [3.05, 3.63) is 34.7 Å². The van der Waals surface area contributed by atoms with Crippen LogP contribution in [0.25, 0.3) is 0 Å². The van der Waals surface area contributed by atoms with Crippen LogP contribution in [0, 0.1) is 0 Å². The van der Waals surface area contributed by atoms with E-state index in [9.17, 15) is 0 Å². The van der Waals surface area contributed by atoms with Crippen molar-refractivity contribution in [2.45, 2.75) is 19.9 Å². The van der Waals surface area contributed by atoms with Gasteiger partial charge in [-0.15, -0.1) is 11.3 Å². The Morgan fingerprint density at radius 1 is 1.47 bits per heavy atom. The molecular formula is C12H16N4S. The van der Waals surface area contributed by atoms with Crippen LogP contribution in [0.1, 0.15) is 24.8 Å². The van der Waals surface area contributed by atoms with Gasteiger partial charge in [-0.3, -0.25) is 4.99 Å². The molecule has 0 saturated heterocycles. The molecule has 0 saturated carbocycles. The summed E-state index contributed by atoms with van der Waals surface area (Å²) in [5.74, 6) is 1.84. The molecule has 0 aliphatic heterocycles. The summed E-state index contributed by atoms with van der Waals surface area (Å²) in [6.45, 7) is 4.21. The minimum atomic E-state index is 0.328. The molecule has 0 amide bonds. The van der Waals surface area contributed by atoms with Crippen LogP contribution in [0.15, 0.2) is 34.8 Å². The van der Waals surface area contributed by atoms with Crippen molar-refractivity contribution in [2.75, 3.05) is 12.4 Å². The van der Waals surface area contributed by atoms with Gasteiger partial charge < -0.3 is 5.32 Å². The fourth-order valence-electron chi connectivity index (χ4n) is 1.59. The van der Waals surface area contributed by atoms with Gasteiger partial charge >= 0.3 is 0 Å². The van der Waals surface area contributed by atoms with Crippen LogP contribution in [-0.4, -0.2) is 22.7 Å². The normalized spacial score (nSPS) is 12.1. The van der Waals surface area contributed by atoms with E-state index < -0.39 is 0 Å². The molecule has 17 heavy (non-hydrogen) atoms. The number of hydrogen-bond donors (Lipinski definition) is 1. The van der Waals surface area contributed by atoms with Crippen LogP contribution >= 0.6 is 11.3 Å². The first-order valence-electron chi connectivity index (χ1n) is 5.53. The van der Waals surface area contributed by atoms with Crippen molar-refractivity contribution in [3.63, 3.8) is 0 Å². The third-order valence-corrected chi connectivity index (χ3v) is 3.26. The zero-order valence-electron chi connectivity index (χ0n) is 10.2. The summed E-state index contributed by atoms with van der Waals surface area (Å²) in [6.07, 6.45) is 1.80. The minimum Gasteiger partial charge on any atom is -0.324 e. The zero-order valence-corrected chi connectivity index (χ0v) is 11.0. The maximum Gasteiger partial charge on any atom is 0.143 e. The molecule has 0 radical (unpaired) electrons. The van der Waals surface area contributed by atoms with Gasteiger partial charge in [-0.25, -0.2) is 4.68 Å². The average molecular weight is 248 g/mol. The van der Waals surface area contributed by atoms with E-state index in [-0.39, 0.29) is 0 Å². The van der Waals surface area contributed by atoms with Crippen LogP contribution in [0.2, 0.25) is 0 Å². The number of hydrogen-bond acceptors (Lipinski definition) is 3. The van der Waals surface area contributed by atoms with Crippen molar-refractivity contribution in [1.29, 1.82) is 0 Å². The molecule has 0 aliphatic carbocycles. The average Bonchev–Trinajstić information content (AvgIpc) is 2.96. The Kier molecular flexibility index (Phi) is 3.58. The molecule has 1 N–H and O–H groups in total. The van der Waals surface area contributed by atoms with Gasteiger partial charge in [0.25, 0.3) is 0 Å². The highest BCUT2D eigenvalue weighted by atomic mass is 32.1. The number of nitrogens with one attached hydrogen (secondary N) is 1. The number of rotatable bonds is 3. The molecule has 0 atom stereocenters. The van der Waals surface area contributed by atoms with Crippen molar-refractivity contribution in [1.82, 2.24) is 9.78 Å². The first kappa shape index (κ1) is 11.9. The van der Waals surface area contributed by atoms with Gasteiger partial charge in [0.2, 0.25) is 0 Å². The zero-order chi connectivity index (χ0) is 12.3. The number of anilines is 1. The second-order valence-electron chi connectivity index (χ2n) is 3.93. The second kappa shape index (κ2) is 5.14. The molecule has 0 bridgehead atoms. The Morgan fingerprint density at radius 3 is 2.88 bits per heavy atom. The van der Waals surface area contributed by atoms with Gasteiger partial charge in [0.05, 0.1) is 11.1 Å². The maximum atomic E-state index is 4.29. The van der Waals surface area contributed by atoms with Gasteiger partial charge in [0.1, 0.15) is 11.7 Å². The van der Waals surface area contributed by atoms with Crippen LogP contribution in [0.4, 0.5) is 5.82 Å². The van der Waals surface area contributed by atoms with E-state index in [4.69, 9.17) is 0 Å². The molecular weight excluding hydrogens is 232 g/mol. The number of aromatic nitrogens is 2. The summed E-state index contributed by atoms with van der Waals surface area (Å²) < 4.78 is 1.94. The topological polar surface area (TPSA) is 42.2 Å². The molecule has 0 spiro atoms. The molecule has 2 heterocycles. The smallest absolute Gasteiger partial charge is 0.143 e. The van der Waals surface area contributed by atoms with Crippen molar-refractivity contribution in [3.8, 4) is 0 Å². The second-order valence-corrected chi connectivity index (χ2v) is 4.88. The van der Waals surface area contributed by atoms with E-state index in [1.807, 2.05) is 22.2 Å². The Bertz CT molecular complexity index is 496. The van der Waals surface area contributed by atoms with E-state index in [2.05, 4.69) is 35.3 Å². The molecule has 4 nitrogen and oxygen atoms in total. The highest BCUT2D eigenvalue weighted by molar-refractivity contribution is 7.12. The number of aliphatic imine (C=N–C) groups is 1. The van der Waals surface area contributed by atoms with E-state index in [1.54, 1.807) is 24.6 Å². The summed E-state index contributed by atoms with van der Waals surface area (Å²) >= 11 is 1.67. The molecule has 90 valence electrons. The summed E-state index contributed by atoms with van der Waals surface area (Å²) in [4.78, 5) is 5.41. The Labute approximate surface area is 105 Å². The molecule has 0 unspecified atom stereocenters. The van der Waals surface area contributed by atoms with Gasteiger partial charge in [-0.05, 0) is 25.3 Å². The fraction of sp³-hybridized carbons (Fsp3) is 0.333. The van der Waals surface area contributed by atoms with Crippen molar-refractivity contribution < 1.29 is 0 Å². The molecule has 2 aromatic heterocycles. The predicted molar refractivity (Wildman–Crippen MR) is 73.0 cm³/mol. The monoisotopic (exact) mass is 248 g/mol. The first-order chi connectivity index (χ1) is 8.22. The number of thiophene rings is 1. The predicted octanol–water partition coefficient (Wildman–Crippen LogP) is 3.01. The third-order valence-electron chi connectivity index (χ3n) is 2.38. The van der Waals surface area contributed by atoms with Gasteiger partial charge in [0, 0.05) is 19.2 Å². The lowest BCUT2D eigenvalue weighted by molar-refractivity contribution is 0.540. The molecule has 5 heteroatoms. The van der Waals surface area contributed by atoms with Crippen LogP contribution in [0.5, 0.6) is 0 Å². The molecule has 0 aliphatic rings. The summed E-state index contributed by atoms with van der Waals surface area (Å²) in [5, 5.41) is 9.65. The van der Waals surface area contributed by atoms with Crippen LogP contribution in [-0.2, 0) is 0 Å². The molecule has 0 fully saturated rings. The Morgan fingerprint density at radius 2 is 2.29 bits per heavy atom. The van der Waals surface area contributed by atoms with Crippen molar-refractivity contribution in [2.24, 2.45) is 4.99 Å². The first-order valence-corrected chi connectivity index (χ1v) is 6.41. The van der Waals surface area contributed by atoms with E-state index >= 15 is 0 Å².